The summed E-state index contributed by atoms with van der Waals surface area (Å²) in [6.07, 6.45) is -1.88. The van der Waals surface area contributed by atoms with Crippen LogP contribution in [-0.2, 0) is 38.2 Å². The van der Waals surface area contributed by atoms with Gasteiger partial charge in [0.2, 0.25) is 11.5 Å². The van der Waals surface area contributed by atoms with Gasteiger partial charge in [-0.25, -0.2) is 24.0 Å². The van der Waals surface area contributed by atoms with Crippen molar-refractivity contribution in [2.45, 2.75) is 290 Å². The van der Waals surface area contributed by atoms with Crippen LogP contribution in [0.3, 0.4) is 0 Å². The number of nitrogen functional groups attached to an aromatic ring is 3. The van der Waals surface area contributed by atoms with Gasteiger partial charge >= 0.3 is 41.2 Å². The van der Waals surface area contributed by atoms with Crippen LogP contribution in [0.4, 0.5) is 28.4 Å². The van der Waals surface area contributed by atoms with Crippen molar-refractivity contribution in [1.82, 2.24) is 0 Å². The van der Waals surface area contributed by atoms with Crippen molar-refractivity contribution in [2.24, 2.45) is 0 Å². The molecule has 13 radical (unpaired) electrons. The molecule has 0 fully saturated rings. The van der Waals surface area contributed by atoms with E-state index in [0.29, 0.717) is 84.8 Å². The van der Waals surface area contributed by atoms with Gasteiger partial charge in [-0.1, -0.05) is 89.4 Å². The number of phenolic OH excluding ortho intramolecular Hbond substituents is 3. The SMILES string of the molecule is C.C.C.C.C.CB(C)C.CC(C)OC(=O)c1ccc(CC(=O)c2ccc(N)c(OC(C)C)c2OC(C)C)c(OC(C)C)c1.CC(C)OC(=O)c1ccc(N)c(OC(C)C)c1.COc1c(C(=O)Cc2ccc(C(=O)OC(C)C)cc2OC(C)C)ccc(N)c1O.COc1c(C(=O)Cc2ccc(C(=O)OC(C)C)cc2OC(C)C)ccc([N+](=O)[O-])c1O.COc1c(C(=O)O)ccc([N+](=O)[O-])c1O.C[B]C.[B].[B].[B].[B]. The minimum atomic E-state index is -1.34. The van der Waals surface area contributed by atoms with Gasteiger partial charge in [0.1, 0.15) is 42.6 Å². The second-order valence-corrected chi connectivity index (χ2v) is 32.9. The van der Waals surface area contributed by atoms with E-state index in [4.69, 9.17) is 79.1 Å². The van der Waals surface area contributed by atoms with Crippen LogP contribution >= 0.6 is 0 Å². The highest BCUT2D eigenvalue weighted by Crippen LogP contribution is 2.43. The predicted molar refractivity (Wildman–Crippen MR) is 568 cm³/mol. The molecule has 0 bridgehead atoms. The average Bonchev–Trinajstić information content (AvgIpc) is 0.795. The lowest BCUT2D eigenvalue weighted by molar-refractivity contribution is -0.386. The highest BCUT2D eigenvalue weighted by molar-refractivity contribution is 6.54. The minimum Gasteiger partial charge on any atom is -0.503 e. The Labute approximate surface area is 849 Å². The molecule has 0 atom stereocenters. The number of hydrogen-bond acceptors (Lipinski definition) is 31. The number of esters is 4. The summed E-state index contributed by atoms with van der Waals surface area (Å²) in [7, 11) is 5.68. The molecule has 0 saturated heterocycles. The number of phenols is 3. The molecular formula is C102H150B6N5O29. The summed E-state index contributed by atoms with van der Waals surface area (Å²) < 4.78 is 70.5. The van der Waals surface area contributed by atoms with Gasteiger partial charge in [0, 0.05) is 81.7 Å². The van der Waals surface area contributed by atoms with Gasteiger partial charge in [-0.3, -0.25) is 34.6 Å². The molecule has 8 rings (SSSR count). The third-order valence-corrected chi connectivity index (χ3v) is 16.4. The summed E-state index contributed by atoms with van der Waals surface area (Å²) in [5.41, 5.74) is 20.9. The standard InChI is InChI=1S/C27H37NO6.C22H25NO8.C22H27NO6.C13H19NO3.C8H7NO6.C3H9B.C2H6B.5CH4.4B/c1-15(2)31-24-14-20(27(30)34-18(7)8)10-9-19(24)13-23(29)21-11-12-22(28)26(33-17(5)6)25(21)32-16(3)4;1-12(2)30-19-11-15(22(26)31-13(3)4)7-6-14(19)10-18(24)16-8-9-17(23(27)28)20(25)21(16)29-5;1-12(2)28-19-11-15(22(26)29-13(3)4)7-6-14(19)10-18(24)16-8-9-17(23)20(25)21(16)27-5;1-8(2)16-12-7-10(5-6-11(12)14)13(15)17-9(3)4;1-15-7-4(8(11)12)2-3-5(6(7)10)9(13)14;1-4(2)3;1-3-2;;;;;;;;;/h9-12,14-18H,13,28H2,1-8H3;6-9,11-13,25H,10H2,1-5H3;6-9,11-13,25H,10,23H2,1-5H3;5-9H,14H2,1-4H3;2-3,10H,1H3,(H,11,12);1-3H3;1-2H3;5*1H4;;;;. The lowest BCUT2D eigenvalue weighted by Crippen LogP contribution is -2.17. The van der Waals surface area contributed by atoms with Crippen molar-refractivity contribution in [1.29, 1.82) is 0 Å². The topological polar surface area (TPSA) is 502 Å². The third-order valence-electron chi connectivity index (χ3n) is 16.4. The molecule has 34 nitrogen and oxygen atoms in total. The van der Waals surface area contributed by atoms with Crippen molar-refractivity contribution < 1.29 is 130 Å². The number of nitro groups is 2. The van der Waals surface area contributed by atoms with Gasteiger partial charge in [-0.2, -0.15) is 0 Å². The maximum Gasteiger partial charge on any atom is 0.339 e. The summed E-state index contributed by atoms with van der Waals surface area (Å²) in [5.74, 6) is -4.07. The molecule has 8 aromatic carbocycles. The monoisotopic (exact) mass is 1980 g/mol. The van der Waals surface area contributed by atoms with Crippen LogP contribution in [0.5, 0.6) is 69.0 Å². The second kappa shape index (κ2) is 70.0. The number of carboxylic acid groups (broad SMARTS) is 1. The van der Waals surface area contributed by atoms with Gasteiger partial charge in [0.15, 0.2) is 51.8 Å². The zero-order chi connectivity index (χ0) is 101. The molecule has 0 heterocycles. The molecule has 0 aliphatic heterocycles. The maximum absolute atomic E-state index is 13.4. The fourth-order valence-electron chi connectivity index (χ4n) is 11.3. The number of aromatic carboxylic acids is 1. The van der Waals surface area contributed by atoms with Crippen molar-refractivity contribution in [3.8, 4) is 69.0 Å². The highest BCUT2D eigenvalue weighted by Gasteiger charge is 2.30. The van der Waals surface area contributed by atoms with Gasteiger partial charge in [0.05, 0.1) is 148 Å². The number of nitro benzene ring substituents is 2. The van der Waals surface area contributed by atoms with Gasteiger partial charge in [0.25, 0.3) is 0 Å². The number of carbonyl (C=O) groups is 8. The Morgan fingerprint density at radius 3 is 0.824 bits per heavy atom. The Morgan fingerprint density at radius 1 is 0.331 bits per heavy atom. The number of benzene rings is 8. The Kier molecular flexibility index (Phi) is 70.9. The number of anilines is 3. The first kappa shape index (κ1) is 144. The molecular weight excluding hydrogens is 1820 g/mol. The van der Waals surface area contributed by atoms with E-state index in [9.17, 15) is 73.9 Å². The molecule has 8 aromatic rings. The van der Waals surface area contributed by atoms with Crippen molar-refractivity contribution in [3.05, 3.63) is 203 Å². The number of carboxylic acids is 1. The number of nitrogens with zero attached hydrogens (tertiary/aromatic N) is 2. The molecule has 40 heteroatoms. The van der Waals surface area contributed by atoms with Gasteiger partial charge in [-0.15, -0.1) is 0 Å². The zero-order valence-corrected chi connectivity index (χ0v) is 83.5. The molecule has 0 amide bonds. The van der Waals surface area contributed by atoms with E-state index in [1.165, 1.54) is 44.6 Å². The van der Waals surface area contributed by atoms with Crippen LogP contribution in [-0.4, -0.2) is 207 Å². The zero-order valence-electron chi connectivity index (χ0n) is 83.5. The van der Waals surface area contributed by atoms with E-state index < -0.39 is 68.1 Å². The molecule has 0 saturated carbocycles. The Balaban J connectivity index is -0.000000261. The number of hydrogen-bond donors (Lipinski definition) is 7. The van der Waals surface area contributed by atoms with Crippen LogP contribution < -0.4 is 59.8 Å². The Hall–Kier alpha value is -13.7. The Bertz CT molecular complexity index is 5280. The van der Waals surface area contributed by atoms with E-state index in [1.54, 1.807) is 128 Å². The molecule has 0 aromatic heterocycles. The quantitative estimate of drug-likeness (QED) is 0.00283. The number of aromatic hydroxyl groups is 3. The first-order chi connectivity index (χ1) is 62.1. The van der Waals surface area contributed by atoms with Gasteiger partial charge in [-0.05, 0) is 229 Å². The fraction of sp³-hybridized carbons (Fsp3) is 0.451. The van der Waals surface area contributed by atoms with E-state index in [2.05, 4.69) is 25.2 Å². The van der Waals surface area contributed by atoms with Crippen molar-refractivity contribution in [3.63, 3.8) is 0 Å². The highest BCUT2D eigenvalue weighted by atomic mass is 16.6. The van der Waals surface area contributed by atoms with E-state index >= 15 is 0 Å². The minimum absolute atomic E-state index is 0. The summed E-state index contributed by atoms with van der Waals surface area (Å²) in [6.45, 7) is 48.0. The Morgan fingerprint density at radius 2 is 0.556 bits per heavy atom. The van der Waals surface area contributed by atoms with Crippen molar-refractivity contribution >= 4 is 123 Å². The first-order valence-corrected chi connectivity index (χ1v) is 43.0. The predicted octanol–water partition coefficient (Wildman–Crippen LogP) is 20.9. The largest absolute Gasteiger partial charge is 0.503 e. The number of ketones is 3. The molecule has 0 spiro atoms. The first-order valence-electron chi connectivity index (χ1n) is 43.0. The number of methoxy groups -OCH3 is 3. The normalized spacial score (nSPS) is 9.87. The lowest BCUT2D eigenvalue weighted by Gasteiger charge is -2.21. The number of ether oxygens (including phenoxy) is 13. The number of carbonyl (C=O) groups excluding carboxylic acids is 7. The van der Waals surface area contributed by atoms with Crippen LogP contribution in [0, 0.1) is 20.2 Å². The van der Waals surface area contributed by atoms with Crippen molar-refractivity contribution in [2.75, 3.05) is 38.5 Å². The van der Waals surface area contributed by atoms with Gasteiger partial charge < -0.3 is 99.2 Å². The van der Waals surface area contributed by atoms with E-state index in [0.717, 1.165) is 32.0 Å². The van der Waals surface area contributed by atoms with Crippen LogP contribution in [0.25, 0.3) is 0 Å². The third kappa shape index (κ3) is 47.5. The molecule has 0 aliphatic carbocycles. The fourth-order valence-corrected chi connectivity index (χ4v) is 11.3. The number of rotatable bonds is 35. The molecule has 775 valence electrons. The molecule has 10 N–H and O–H groups in total. The average molecular weight is 1980 g/mol. The molecule has 142 heavy (non-hydrogen) atoms. The maximum atomic E-state index is 13.4. The molecule has 0 unspecified atom stereocenters. The number of Topliss-reactive ketones (excluding diaryl/α,β-unsaturated/α-hetero) is 3. The smallest absolute Gasteiger partial charge is 0.339 e. The van der Waals surface area contributed by atoms with Crippen LogP contribution in [0.1, 0.15) is 275 Å². The number of nitrogens with two attached hydrogens (primary N) is 3. The summed E-state index contributed by atoms with van der Waals surface area (Å²) in [5, 5.41) is 59.6. The van der Waals surface area contributed by atoms with E-state index in [-0.39, 0.29) is 214 Å². The van der Waals surface area contributed by atoms with Crippen LogP contribution in [0.15, 0.2) is 121 Å². The van der Waals surface area contributed by atoms with E-state index in [1.807, 2.05) is 104 Å². The molecule has 0 aliphatic rings. The summed E-state index contributed by atoms with van der Waals surface area (Å²) in [6, 6.07) is 29.8. The lowest BCUT2D eigenvalue weighted by atomic mass is 9.58. The summed E-state index contributed by atoms with van der Waals surface area (Å²) in [4.78, 5) is 118. The summed E-state index contributed by atoms with van der Waals surface area (Å²) >= 11 is 0. The van der Waals surface area contributed by atoms with Crippen LogP contribution in [0.2, 0.25) is 34.1 Å². The second-order valence-electron chi connectivity index (χ2n) is 32.9.